The molecule has 0 amide bonds. The quantitative estimate of drug-likeness (QED) is 0.162. The third-order valence-electron chi connectivity index (χ3n) is 11.5. The number of rotatable bonds is 7. The minimum absolute atomic E-state index is 0.857. The zero-order valence-electron chi connectivity index (χ0n) is 31.7. The summed E-state index contributed by atoms with van der Waals surface area (Å²) in [7, 11) is 0. The second kappa shape index (κ2) is 14.1. The third-order valence-corrected chi connectivity index (χ3v) is 11.5. The van der Waals surface area contributed by atoms with Crippen LogP contribution < -0.4 is 4.90 Å². The van der Waals surface area contributed by atoms with E-state index in [0.717, 1.165) is 55.7 Å². The van der Waals surface area contributed by atoms with Crippen LogP contribution in [0, 0.1) is 0 Å². The molecule has 11 rings (SSSR count). The van der Waals surface area contributed by atoms with Crippen molar-refractivity contribution in [3.8, 4) is 44.5 Å². The summed E-state index contributed by atoms with van der Waals surface area (Å²) in [4.78, 5) is 2.38. The maximum absolute atomic E-state index is 6.62. The van der Waals surface area contributed by atoms with Crippen molar-refractivity contribution < 1.29 is 4.42 Å². The van der Waals surface area contributed by atoms with Gasteiger partial charge >= 0.3 is 0 Å². The Bertz CT molecular complexity index is 3260. The lowest BCUT2D eigenvalue weighted by atomic mass is 9.95. The average molecular weight is 740 g/mol. The van der Waals surface area contributed by atoms with Crippen LogP contribution >= 0.6 is 0 Å². The number of anilines is 3. The van der Waals surface area contributed by atoms with Crippen LogP contribution in [0.25, 0.3) is 88.0 Å². The van der Waals surface area contributed by atoms with E-state index in [2.05, 4.69) is 229 Å². The Morgan fingerprint density at radius 2 is 0.759 bits per heavy atom. The molecule has 0 aliphatic rings. The van der Waals surface area contributed by atoms with E-state index in [-0.39, 0.29) is 0 Å². The smallest absolute Gasteiger partial charge is 0.137 e. The van der Waals surface area contributed by atoms with E-state index in [1.54, 1.807) is 0 Å². The summed E-state index contributed by atoms with van der Waals surface area (Å²) in [5.41, 5.74) is 14.4. The molecule has 0 spiro atoms. The van der Waals surface area contributed by atoms with Gasteiger partial charge in [-0.15, -0.1) is 0 Å². The number of hydrogen-bond donors (Lipinski definition) is 0. The minimum Gasteiger partial charge on any atom is -0.456 e. The second-order valence-corrected chi connectivity index (χ2v) is 14.9. The highest BCUT2D eigenvalue weighted by atomic mass is 16.3. The maximum Gasteiger partial charge on any atom is 0.137 e. The van der Waals surface area contributed by atoms with Gasteiger partial charge in [-0.05, 0) is 115 Å². The van der Waals surface area contributed by atoms with Gasteiger partial charge in [0.25, 0.3) is 0 Å². The molecule has 0 aliphatic carbocycles. The van der Waals surface area contributed by atoms with E-state index >= 15 is 0 Å². The fourth-order valence-corrected chi connectivity index (χ4v) is 8.73. The molecule has 1 heterocycles. The van der Waals surface area contributed by atoms with Crippen LogP contribution in [0.3, 0.4) is 0 Å². The van der Waals surface area contributed by atoms with Crippen molar-refractivity contribution in [2.45, 2.75) is 0 Å². The van der Waals surface area contributed by atoms with Crippen LogP contribution in [0.1, 0.15) is 0 Å². The first kappa shape index (κ1) is 33.6. The lowest BCUT2D eigenvalue weighted by Gasteiger charge is -2.27. The van der Waals surface area contributed by atoms with Gasteiger partial charge < -0.3 is 9.32 Å². The largest absolute Gasteiger partial charge is 0.456 e. The van der Waals surface area contributed by atoms with Gasteiger partial charge in [-0.2, -0.15) is 0 Å². The van der Waals surface area contributed by atoms with Crippen LogP contribution in [-0.4, -0.2) is 0 Å². The molecule has 0 radical (unpaired) electrons. The predicted octanol–water partition coefficient (Wildman–Crippen LogP) is 16.0. The van der Waals surface area contributed by atoms with Gasteiger partial charge in [-0.3, -0.25) is 0 Å². The Morgan fingerprint density at radius 3 is 1.45 bits per heavy atom. The number of furan rings is 1. The lowest BCUT2D eigenvalue weighted by molar-refractivity contribution is 0.669. The normalized spacial score (nSPS) is 11.4. The molecule has 0 bridgehead atoms. The number of fused-ring (bicyclic) bond motifs is 5. The van der Waals surface area contributed by atoms with Gasteiger partial charge in [-0.1, -0.05) is 176 Å². The summed E-state index contributed by atoms with van der Waals surface area (Å²) in [6.07, 6.45) is 0. The van der Waals surface area contributed by atoms with E-state index < -0.39 is 0 Å². The third kappa shape index (κ3) is 5.82. The lowest BCUT2D eigenvalue weighted by Crippen LogP contribution is -2.10. The van der Waals surface area contributed by atoms with Gasteiger partial charge in [0.2, 0.25) is 0 Å². The van der Waals surface area contributed by atoms with Crippen molar-refractivity contribution >= 4 is 60.5 Å². The van der Waals surface area contributed by atoms with Crippen molar-refractivity contribution in [2.75, 3.05) is 4.90 Å². The minimum atomic E-state index is 0.857. The van der Waals surface area contributed by atoms with Crippen LogP contribution in [0.15, 0.2) is 229 Å². The summed E-state index contributed by atoms with van der Waals surface area (Å²) in [5, 5.41) is 7.19. The molecule has 0 saturated heterocycles. The first-order valence-electron chi connectivity index (χ1n) is 19.8. The Labute approximate surface area is 337 Å². The number of hydrogen-bond acceptors (Lipinski definition) is 2. The van der Waals surface area contributed by atoms with Crippen LogP contribution in [0.4, 0.5) is 17.1 Å². The highest BCUT2D eigenvalue weighted by Crippen LogP contribution is 2.46. The molecular formula is C56H37NO. The summed E-state index contributed by atoms with van der Waals surface area (Å²) in [5.74, 6) is 0. The molecule has 0 saturated carbocycles. The van der Waals surface area contributed by atoms with E-state index in [0.29, 0.717) is 0 Å². The van der Waals surface area contributed by atoms with Gasteiger partial charge in [0.1, 0.15) is 11.2 Å². The zero-order chi connectivity index (χ0) is 38.4. The summed E-state index contributed by atoms with van der Waals surface area (Å²) in [6.45, 7) is 0. The molecule has 2 nitrogen and oxygen atoms in total. The summed E-state index contributed by atoms with van der Waals surface area (Å²) >= 11 is 0. The molecule has 0 N–H and O–H groups in total. The second-order valence-electron chi connectivity index (χ2n) is 14.9. The van der Waals surface area contributed by atoms with Gasteiger partial charge in [-0.25, -0.2) is 0 Å². The van der Waals surface area contributed by atoms with Crippen molar-refractivity contribution in [1.82, 2.24) is 0 Å². The van der Waals surface area contributed by atoms with Crippen LogP contribution in [0.5, 0.6) is 0 Å². The summed E-state index contributed by atoms with van der Waals surface area (Å²) < 4.78 is 6.62. The van der Waals surface area contributed by atoms with E-state index in [4.69, 9.17) is 4.42 Å². The molecule has 272 valence electrons. The summed E-state index contributed by atoms with van der Waals surface area (Å²) in [6, 6.07) is 80.6. The first-order chi connectivity index (χ1) is 28.8. The molecule has 0 unspecified atom stereocenters. The van der Waals surface area contributed by atoms with Crippen molar-refractivity contribution in [1.29, 1.82) is 0 Å². The molecular weight excluding hydrogens is 703 g/mol. The molecule has 0 aliphatic heterocycles. The fraction of sp³-hybridized carbons (Fsp3) is 0. The molecule has 0 fully saturated rings. The SMILES string of the molecule is c1ccc(-c2cccc3oc4cccc(N(c5ccc(-c6cccc(-c7cccc8ccccc78)c6)cc5)c5ccc(-c6cccc7ccccc67)cc5)c4c23)cc1. The molecule has 10 aromatic carbocycles. The van der Waals surface area contributed by atoms with Crippen LogP contribution in [0.2, 0.25) is 0 Å². The Kier molecular flexibility index (Phi) is 8.19. The zero-order valence-corrected chi connectivity index (χ0v) is 31.7. The van der Waals surface area contributed by atoms with Crippen LogP contribution in [-0.2, 0) is 0 Å². The number of nitrogens with zero attached hydrogens (tertiary/aromatic N) is 1. The average Bonchev–Trinajstić information content (AvgIpc) is 3.69. The van der Waals surface area contributed by atoms with E-state index in [1.807, 2.05) is 0 Å². The molecule has 0 atom stereocenters. The topological polar surface area (TPSA) is 16.4 Å². The Balaban J connectivity index is 1.06. The Hall–Kier alpha value is -7.68. The van der Waals surface area contributed by atoms with Crippen molar-refractivity contribution in [3.63, 3.8) is 0 Å². The fourth-order valence-electron chi connectivity index (χ4n) is 8.73. The van der Waals surface area contributed by atoms with Gasteiger partial charge in [0.05, 0.1) is 11.1 Å². The molecule has 58 heavy (non-hydrogen) atoms. The highest BCUT2D eigenvalue weighted by molar-refractivity contribution is 6.18. The van der Waals surface area contributed by atoms with E-state index in [9.17, 15) is 0 Å². The molecule has 11 aromatic rings. The highest BCUT2D eigenvalue weighted by Gasteiger charge is 2.22. The predicted molar refractivity (Wildman–Crippen MR) is 245 cm³/mol. The monoisotopic (exact) mass is 739 g/mol. The van der Waals surface area contributed by atoms with Gasteiger partial charge in [0.15, 0.2) is 0 Å². The standard InChI is InChI=1S/C56H37NO/c1-2-13-41(14-3-1)51-25-11-27-53-55(51)56-52(26-12-28-54(56)58-53)57(46-35-31-42(32-36-46)49-23-9-17-39-15-4-6-21-47(39)49)45-33-29-38(30-34-45)43-19-8-20-44(37-43)50-24-10-18-40-16-5-7-22-48(40)50/h1-37H. The van der Waals surface area contributed by atoms with Crippen molar-refractivity contribution in [2.24, 2.45) is 0 Å². The van der Waals surface area contributed by atoms with Gasteiger partial charge in [0, 0.05) is 16.8 Å². The Morgan fingerprint density at radius 1 is 0.293 bits per heavy atom. The first-order valence-corrected chi connectivity index (χ1v) is 19.8. The maximum atomic E-state index is 6.62. The van der Waals surface area contributed by atoms with Crippen molar-refractivity contribution in [3.05, 3.63) is 224 Å². The molecule has 1 aromatic heterocycles. The van der Waals surface area contributed by atoms with E-state index in [1.165, 1.54) is 49.4 Å². The number of benzene rings is 10. The molecule has 2 heteroatoms.